The van der Waals surface area contributed by atoms with Crippen LogP contribution in [0.5, 0.6) is 0 Å². The van der Waals surface area contributed by atoms with Crippen LogP contribution < -0.4 is 10.6 Å². The number of carboxylic acid groups (broad SMARTS) is 1. The number of aromatic carboxylic acids is 1. The Morgan fingerprint density at radius 1 is 1.33 bits per heavy atom. The number of carbonyl (C=O) groups is 2. The second-order valence-electron chi connectivity index (χ2n) is 5.40. The summed E-state index contributed by atoms with van der Waals surface area (Å²) < 4.78 is 0. The lowest BCUT2D eigenvalue weighted by atomic mass is 10.1. The number of benzene rings is 1. The van der Waals surface area contributed by atoms with E-state index in [0.717, 1.165) is 0 Å². The summed E-state index contributed by atoms with van der Waals surface area (Å²) in [6.45, 7) is 5.69. The first-order valence-electron chi connectivity index (χ1n) is 6.25. The fourth-order valence-electron chi connectivity index (χ4n) is 1.37. The van der Waals surface area contributed by atoms with Crippen molar-refractivity contribution in [2.45, 2.75) is 26.3 Å². The van der Waals surface area contributed by atoms with Crippen molar-refractivity contribution in [1.29, 1.82) is 5.26 Å². The Balaban J connectivity index is 2.87. The number of nitrogens with zero attached hydrogens (tertiary/aromatic N) is 1. The Bertz CT molecular complexity index is 622. The average Bonchev–Trinajstić information content (AvgIpc) is 2.38. The highest BCUT2D eigenvalue weighted by Crippen LogP contribution is 2.12. The quantitative estimate of drug-likeness (QED) is 0.581. The third-order valence-corrected chi connectivity index (χ3v) is 2.38. The molecule has 0 fully saturated rings. The van der Waals surface area contributed by atoms with Crippen LogP contribution >= 0.6 is 0 Å². The number of hydrogen-bond donors (Lipinski definition) is 3. The number of rotatable bonds is 4. The summed E-state index contributed by atoms with van der Waals surface area (Å²) in [6.07, 6.45) is 1.34. The van der Waals surface area contributed by atoms with Gasteiger partial charge < -0.3 is 15.7 Å². The molecule has 110 valence electrons. The van der Waals surface area contributed by atoms with Crippen molar-refractivity contribution < 1.29 is 14.7 Å². The van der Waals surface area contributed by atoms with Gasteiger partial charge in [0.1, 0.15) is 11.6 Å². The summed E-state index contributed by atoms with van der Waals surface area (Å²) in [5, 5.41) is 23.3. The van der Waals surface area contributed by atoms with Gasteiger partial charge in [-0.15, -0.1) is 0 Å². The normalized spacial score (nSPS) is 11.4. The smallest absolute Gasteiger partial charge is 0.335 e. The molecule has 6 nitrogen and oxygen atoms in total. The van der Waals surface area contributed by atoms with Gasteiger partial charge in [-0.05, 0) is 39.0 Å². The molecule has 0 aliphatic rings. The van der Waals surface area contributed by atoms with Gasteiger partial charge in [-0.1, -0.05) is 6.07 Å². The SMILES string of the molecule is CC(C)(C)N/C=C(/C#N)C(=O)Nc1cccc(C(=O)O)c1. The van der Waals surface area contributed by atoms with Gasteiger partial charge in [0, 0.05) is 17.4 Å². The lowest BCUT2D eigenvalue weighted by molar-refractivity contribution is -0.112. The van der Waals surface area contributed by atoms with Crippen molar-refractivity contribution in [3.05, 3.63) is 41.6 Å². The van der Waals surface area contributed by atoms with E-state index >= 15 is 0 Å². The molecule has 0 heterocycles. The van der Waals surface area contributed by atoms with Gasteiger partial charge in [0.15, 0.2) is 0 Å². The standard InChI is InChI=1S/C15H17N3O3/c1-15(2,3)17-9-11(8-16)13(19)18-12-6-4-5-10(7-12)14(20)21/h4-7,9,17H,1-3H3,(H,18,19)(H,20,21)/b11-9-. The maximum atomic E-state index is 12.0. The fraction of sp³-hybridized carbons (Fsp3) is 0.267. The largest absolute Gasteiger partial charge is 0.478 e. The molecule has 0 radical (unpaired) electrons. The van der Waals surface area contributed by atoms with Crippen LogP contribution in [0, 0.1) is 11.3 Å². The van der Waals surface area contributed by atoms with E-state index < -0.39 is 11.9 Å². The van der Waals surface area contributed by atoms with Crippen molar-refractivity contribution >= 4 is 17.6 Å². The Labute approximate surface area is 123 Å². The fourth-order valence-corrected chi connectivity index (χ4v) is 1.37. The van der Waals surface area contributed by atoms with Crippen LogP contribution in [-0.2, 0) is 4.79 Å². The number of hydrogen-bond acceptors (Lipinski definition) is 4. The van der Waals surface area contributed by atoms with Crippen molar-refractivity contribution in [2.75, 3.05) is 5.32 Å². The second-order valence-corrected chi connectivity index (χ2v) is 5.40. The molecule has 0 unspecified atom stereocenters. The highest BCUT2D eigenvalue weighted by molar-refractivity contribution is 6.06. The molecule has 0 saturated heterocycles. The van der Waals surface area contributed by atoms with E-state index in [1.807, 2.05) is 20.8 Å². The van der Waals surface area contributed by atoms with Crippen LogP contribution in [0.2, 0.25) is 0 Å². The van der Waals surface area contributed by atoms with E-state index in [2.05, 4.69) is 10.6 Å². The number of carboxylic acids is 1. The molecule has 0 aliphatic heterocycles. The molecule has 6 heteroatoms. The topological polar surface area (TPSA) is 102 Å². The Hall–Kier alpha value is -2.81. The zero-order valence-electron chi connectivity index (χ0n) is 12.1. The van der Waals surface area contributed by atoms with Crippen molar-refractivity contribution in [1.82, 2.24) is 5.32 Å². The minimum absolute atomic E-state index is 0.0584. The van der Waals surface area contributed by atoms with Crippen LogP contribution in [0.3, 0.4) is 0 Å². The summed E-state index contributed by atoms with van der Waals surface area (Å²) in [5.41, 5.74) is 0.0107. The third-order valence-electron chi connectivity index (χ3n) is 2.38. The highest BCUT2D eigenvalue weighted by Gasteiger charge is 2.13. The molecular formula is C15H17N3O3. The lowest BCUT2D eigenvalue weighted by Gasteiger charge is -2.18. The van der Waals surface area contributed by atoms with E-state index in [1.165, 1.54) is 24.4 Å². The predicted octanol–water partition coefficient (Wildman–Crippen LogP) is 2.12. The molecule has 0 aliphatic carbocycles. The average molecular weight is 287 g/mol. The molecule has 0 spiro atoms. The Morgan fingerprint density at radius 3 is 2.52 bits per heavy atom. The molecule has 0 aromatic heterocycles. The first-order chi connectivity index (χ1) is 9.73. The highest BCUT2D eigenvalue weighted by atomic mass is 16.4. The van der Waals surface area contributed by atoms with Gasteiger partial charge in [0.05, 0.1) is 5.56 Å². The summed E-state index contributed by atoms with van der Waals surface area (Å²) in [6, 6.07) is 7.61. The summed E-state index contributed by atoms with van der Waals surface area (Å²) >= 11 is 0. The maximum absolute atomic E-state index is 12.0. The summed E-state index contributed by atoms with van der Waals surface area (Å²) in [7, 11) is 0. The Morgan fingerprint density at radius 2 is 2.00 bits per heavy atom. The van der Waals surface area contributed by atoms with Crippen LogP contribution in [-0.4, -0.2) is 22.5 Å². The van der Waals surface area contributed by atoms with Gasteiger partial charge in [0.2, 0.25) is 0 Å². The van der Waals surface area contributed by atoms with E-state index in [1.54, 1.807) is 12.1 Å². The van der Waals surface area contributed by atoms with Gasteiger partial charge in [-0.3, -0.25) is 4.79 Å². The molecule has 1 aromatic carbocycles. The third kappa shape index (κ3) is 5.37. The van der Waals surface area contributed by atoms with E-state index in [-0.39, 0.29) is 16.7 Å². The van der Waals surface area contributed by atoms with Crippen molar-refractivity contribution in [3.63, 3.8) is 0 Å². The van der Waals surface area contributed by atoms with Gasteiger partial charge in [-0.25, -0.2) is 4.79 Å². The zero-order valence-corrected chi connectivity index (χ0v) is 12.1. The molecule has 0 bridgehead atoms. The molecule has 1 aromatic rings. The first-order valence-corrected chi connectivity index (χ1v) is 6.25. The van der Waals surface area contributed by atoms with Crippen LogP contribution in [0.1, 0.15) is 31.1 Å². The summed E-state index contributed by atoms with van der Waals surface area (Å²) in [4.78, 5) is 22.8. The zero-order chi connectivity index (χ0) is 16.0. The van der Waals surface area contributed by atoms with E-state index in [9.17, 15) is 9.59 Å². The number of carbonyl (C=O) groups excluding carboxylic acids is 1. The lowest BCUT2D eigenvalue weighted by Crippen LogP contribution is -2.32. The maximum Gasteiger partial charge on any atom is 0.335 e. The Kier molecular flexibility index (Phi) is 5.08. The molecule has 1 rings (SSSR count). The number of nitrogens with one attached hydrogen (secondary N) is 2. The monoisotopic (exact) mass is 287 g/mol. The van der Waals surface area contributed by atoms with Crippen LogP contribution in [0.4, 0.5) is 5.69 Å². The van der Waals surface area contributed by atoms with Crippen molar-refractivity contribution in [3.8, 4) is 6.07 Å². The van der Waals surface area contributed by atoms with Crippen LogP contribution in [0.15, 0.2) is 36.0 Å². The summed E-state index contributed by atoms with van der Waals surface area (Å²) in [5.74, 6) is -1.69. The van der Waals surface area contributed by atoms with Crippen molar-refractivity contribution in [2.24, 2.45) is 0 Å². The van der Waals surface area contributed by atoms with Crippen LogP contribution in [0.25, 0.3) is 0 Å². The second kappa shape index (κ2) is 6.57. The van der Waals surface area contributed by atoms with Gasteiger partial charge >= 0.3 is 5.97 Å². The van der Waals surface area contributed by atoms with E-state index in [4.69, 9.17) is 10.4 Å². The predicted molar refractivity (Wildman–Crippen MR) is 78.6 cm³/mol. The molecule has 0 atom stereocenters. The molecule has 21 heavy (non-hydrogen) atoms. The first kappa shape index (κ1) is 16.2. The molecule has 0 saturated carbocycles. The number of amides is 1. The van der Waals surface area contributed by atoms with Gasteiger partial charge in [0.25, 0.3) is 5.91 Å². The molecule has 1 amide bonds. The number of nitriles is 1. The minimum atomic E-state index is -1.09. The van der Waals surface area contributed by atoms with Gasteiger partial charge in [-0.2, -0.15) is 5.26 Å². The molecule has 3 N–H and O–H groups in total. The molecular weight excluding hydrogens is 270 g/mol. The minimum Gasteiger partial charge on any atom is -0.478 e. The van der Waals surface area contributed by atoms with E-state index in [0.29, 0.717) is 5.69 Å². The number of anilines is 1.